The standard InChI is InChI=1S/C8H12.C5H5.Ir/c1-2-4-6-8-7-5-3-1;1-2-4-5-3-1;/h1-2,7-8H,3-6H2;1-5H;. The molecule has 2 rings (SSSR count). The van der Waals surface area contributed by atoms with Crippen LogP contribution < -0.4 is 0 Å². The van der Waals surface area contributed by atoms with Crippen molar-refractivity contribution < 1.29 is 20.1 Å². The predicted molar refractivity (Wildman–Crippen MR) is 57.2 cm³/mol. The Bertz CT molecular complexity index is 65.8. The summed E-state index contributed by atoms with van der Waals surface area (Å²) >= 11 is 0. The normalized spacial score (nSPS) is 22.3. The van der Waals surface area contributed by atoms with Crippen molar-refractivity contribution in [3.05, 3.63) is 57.8 Å². The maximum Gasteiger partial charge on any atom is 0 e. The van der Waals surface area contributed by atoms with Crippen LogP contribution in [0.3, 0.4) is 0 Å². The Balaban J connectivity index is 0.000000246. The molecule has 2 aliphatic rings. The van der Waals surface area contributed by atoms with Crippen molar-refractivity contribution in [3.8, 4) is 0 Å². The van der Waals surface area contributed by atoms with E-state index in [4.69, 9.17) is 0 Å². The Kier molecular flexibility index (Phi) is 12.3. The molecule has 0 aromatic rings. The Hall–Kier alpha value is 0.649. The van der Waals surface area contributed by atoms with Gasteiger partial charge in [0.25, 0.3) is 0 Å². The third kappa shape index (κ3) is 9.21. The van der Waals surface area contributed by atoms with Crippen LogP contribution in [-0.4, -0.2) is 0 Å². The zero-order chi connectivity index (χ0) is 9.19. The van der Waals surface area contributed by atoms with Crippen LogP contribution in [0.1, 0.15) is 25.7 Å². The second-order valence-electron chi connectivity index (χ2n) is 3.06. The zero-order valence-electron chi connectivity index (χ0n) is 8.36. The molecule has 2 saturated carbocycles. The molecule has 0 aromatic heterocycles. The van der Waals surface area contributed by atoms with Gasteiger partial charge in [-0.25, -0.2) is 0 Å². The molecule has 14 heavy (non-hydrogen) atoms. The molecule has 0 spiro atoms. The van der Waals surface area contributed by atoms with E-state index in [1.54, 1.807) is 0 Å². The van der Waals surface area contributed by atoms with E-state index in [0.29, 0.717) is 0 Å². The molecular formula is C13H17Ir. The van der Waals surface area contributed by atoms with Crippen molar-refractivity contribution in [1.29, 1.82) is 0 Å². The van der Waals surface area contributed by atoms with E-state index in [9.17, 15) is 0 Å². The average Bonchev–Trinajstić information content (AvgIpc) is 2.58. The first kappa shape index (κ1) is 14.6. The molecule has 0 amide bonds. The minimum atomic E-state index is 0. The zero-order valence-corrected chi connectivity index (χ0v) is 10.8. The molecule has 0 heterocycles. The van der Waals surface area contributed by atoms with Gasteiger partial charge in [0.2, 0.25) is 0 Å². The molecule has 2 aliphatic carbocycles. The second-order valence-corrected chi connectivity index (χ2v) is 3.06. The van der Waals surface area contributed by atoms with Crippen LogP contribution in [0.15, 0.2) is 0 Å². The van der Waals surface area contributed by atoms with E-state index in [-0.39, 0.29) is 20.1 Å². The molecule has 78 valence electrons. The number of hydrogen-bond donors (Lipinski definition) is 0. The summed E-state index contributed by atoms with van der Waals surface area (Å²) in [6.07, 6.45) is 24.0. The van der Waals surface area contributed by atoms with E-state index in [1.807, 2.05) is 32.1 Å². The first-order chi connectivity index (χ1) is 6.50. The van der Waals surface area contributed by atoms with Gasteiger partial charge in [-0.15, -0.1) is 0 Å². The van der Waals surface area contributed by atoms with Crippen LogP contribution in [0.4, 0.5) is 0 Å². The molecule has 0 atom stereocenters. The second kappa shape index (κ2) is 11.7. The van der Waals surface area contributed by atoms with Gasteiger partial charge in [0.15, 0.2) is 0 Å². The van der Waals surface area contributed by atoms with Crippen molar-refractivity contribution in [3.63, 3.8) is 0 Å². The molecular weight excluding hydrogens is 348 g/mol. The molecule has 0 aromatic carbocycles. The molecule has 0 unspecified atom stereocenters. The van der Waals surface area contributed by atoms with Crippen molar-refractivity contribution >= 4 is 0 Å². The van der Waals surface area contributed by atoms with E-state index in [2.05, 4.69) is 25.7 Å². The molecule has 1 heteroatoms. The van der Waals surface area contributed by atoms with Crippen LogP contribution in [0, 0.1) is 57.8 Å². The van der Waals surface area contributed by atoms with Gasteiger partial charge < -0.3 is 0 Å². The summed E-state index contributed by atoms with van der Waals surface area (Å²) in [4.78, 5) is 0. The van der Waals surface area contributed by atoms with Gasteiger partial charge in [-0.2, -0.15) is 0 Å². The summed E-state index contributed by atoms with van der Waals surface area (Å²) in [7, 11) is 0. The van der Waals surface area contributed by atoms with Gasteiger partial charge in [0, 0.05) is 20.1 Å². The summed E-state index contributed by atoms with van der Waals surface area (Å²) in [5.74, 6) is 0. The van der Waals surface area contributed by atoms with Crippen molar-refractivity contribution in [2.45, 2.75) is 25.7 Å². The Morgan fingerprint density at radius 1 is 0.429 bits per heavy atom. The maximum absolute atomic E-state index is 2.27. The minimum absolute atomic E-state index is 0. The monoisotopic (exact) mass is 366 g/mol. The van der Waals surface area contributed by atoms with E-state index in [0.717, 1.165) is 0 Å². The summed E-state index contributed by atoms with van der Waals surface area (Å²) < 4.78 is 0. The SMILES string of the molecule is [CH]1[CH]CC[CH][CH]CC1.[CH]1[CH][CH][CH][CH]1.[Ir]. The Labute approximate surface area is 104 Å². The van der Waals surface area contributed by atoms with Crippen LogP contribution in [0.25, 0.3) is 0 Å². The van der Waals surface area contributed by atoms with E-state index < -0.39 is 0 Å². The Morgan fingerprint density at radius 3 is 0.857 bits per heavy atom. The topological polar surface area (TPSA) is 0 Å². The summed E-state index contributed by atoms with van der Waals surface area (Å²) in [5, 5.41) is 0. The van der Waals surface area contributed by atoms with Crippen molar-refractivity contribution in [2.75, 3.05) is 0 Å². The fraction of sp³-hybridized carbons (Fsp3) is 0.308. The Morgan fingerprint density at radius 2 is 0.643 bits per heavy atom. The largest absolute Gasteiger partial charge is 0.0496 e. The molecule has 0 aliphatic heterocycles. The molecule has 2 fully saturated rings. The van der Waals surface area contributed by atoms with Crippen LogP contribution >= 0.6 is 0 Å². The molecule has 0 N–H and O–H groups in total. The van der Waals surface area contributed by atoms with Gasteiger partial charge >= 0.3 is 0 Å². The summed E-state index contributed by atoms with van der Waals surface area (Å²) in [6.45, 7) is 0. The fourth-order valence-electron chi connectivity index (χ4n) is 1.18. The molecule has 0 saturated heterocycles. The maximum atomic E-state index is 2.27. The van der Waals surface area contributed by atoms with E-state index in [1.165, 1.54) is 25.7 Å². The summed E-state index contributed by atoms with van der Waals surface area (Å²) in [6, 6.07) is 0. The first-order valence-corrected chi connectivity index (χ1v) is 4.97. The summed E-state index contributed by atoms with van der Waals surface area (Å²) in [5.41, 5.74) is 0. The molecule has 0 nitrogen and oxygen atoms in total. The quantitative estimate of drug-likeness (QED) is 0.617. The molecule has 0 bridgehead atoms. The van der Waals surface area contributed by atoms with E-state index >= 15 is 0 Å². The predicted octanol–water partition coefficient (Wildman–Crippen LogP) is 3.40. The van der Waals surface area contributed by atoms with Gasteiger partial charge in [-0.1, -0.05) is 0 Å². The van der Waals surface area contributed by atoms with Crippen molar-refractivity contribution in [1.82, 2.24) is 0 Å². The van der Waals surface area contributed by atoms with Crippen LogP contribution in [-0.2, 0) is 20.1 Å². The number of rotatable bonds is 0. The van der Waals surface area contributed by atoms with Crippen molar-refractivity contribution in [2.24, 2.45) is 0 Å². The number of hydrogen-bond acceptors (Lipinski definition) is 0. The van der Waals surface area contributed by atoms with Crippen LogP contribution in [0.5, 0.6) is 0 Å². The van der Waals surface area contributed by atoms with Gasteiger partial charge in [0.05, 0.1) is 0 Å². The molecule has 10 radical (unpaired) electrons. The third-order valence-corrected chi connectivity index (χ3v) is 1.89. The fourth-order valence-corrected chi connectivity index (χ4v) is 1.18. The van der Waals surface area contributed by atoms with Gasteiger partial charge in [-0.05, 0) is 83.5 Å². The minimum Gasteiger partial charge on any atom is -0.0496 e. The first-order valence-electron chi connectivity index (χ1n) is 4.97. The van der Waals surface area contributed by atoms with Gasteiger partial charge in [0.1, 0.15) is 0 Å². The third-order valence-electron chi connectivity index (χ3n) is 1.89. The van der Waals surface area contributed by atoms with Crippen LogP contribution in [0.2, 0.25) is 0 Å². The average molecular weight is 365 g/mol. The smallest absolute Gasteiger partial charge is 0 e. The van der Waals surface area contributed by atoms with Gasteiger partial charge in [-0.3, -0.25) is 0 Å².